The smallest absolute Gasteiger partial charge is 0.278 e. The van der Waals surface area contributed by atoms with Gasteiger partial charge in [0.25, 0.3) is 11.5 Å². The van der Waals surface area contributed by atoms with Gasteiger partial charge < -0.3 is 21.1 Å². The number of aliphatic hydroxyl groups excluding tert-OH is 1. The van der Waals surface area contributed by atoms with E-state index in [-0.39, 0.29) is 28.6 Å². The number of hydrogen-bond acceptors (Lipinski definition) is 7. The van der Waals surface area contributed by atoms with Crippen LogP contribution in [0.25, 0.3) is 11.3 Å². The number of anilines is 3. The Morgan fingerprint density at radius 2 is 2.03 bits per heavy atom. The molecule has 3 heterocycles. The average Bonchev–Trinajstić information content (AvgIpc) is 3.27. The molecule has 1 saturated carbocycles. The highest BCUT2D eigenvalue weighted by Gasteiger charge is 2.31. The molecule has 34 heavy (non-hydrogen) atoms. The van der Waals surface area contributed by atoms with E-state index in [0.29, 0.717) is 24.5 Å². The molecule has 0 unspecified atom stereocenters. The number of nitrogens with one attached hydrogen (secondary N) is 3. The fraction of sp³-hybridized carbons (Fsp3) is 0.217. The number of amides is 1. The van der Waals surface area contributed by atoms with Gasteiger partial charge >= 0.3 is 0 Å². The van der Waals surface area contributed by atoms with Crippen molar-refractivity contribution in [1.29, 1.82) is 0 Å². The van der Waals surface area contributed by atoms with Crippen molar-refractivity contribution in [1.82, 2.24) is 24.5 Å². The van der Waals surface area contributed by atoms with E-state index in [1.807, 2.05) is 0 Å². The van der Waals surface area contributed by atoms with Crippen molar-refractivity contribution in [3.05, 3.63) is 76.6 Å². The molecule has 1 aliphatic rings. The minimum absolute atomic E-state index is 0.128. The second-order valence-corrected chi connectivity index (χ2v) is 7.97. The van der Waals surface area contributed by atoms with Gasteiger partial charge in [-0.3, -0.25) is 14.2 Å². The van der Waals surface area contributed by atoms with Gasteiger partial charge in [0.15, 0.2) is 5.65 Å². The van der Waals surface area contributed by atoms with Crippen LogP contribution in [0.15, 0.2) is 59.7 Å². The first-order valence-electron chi connectivity index (χ1n) is 10.8. The zero-order valence-electron chi connectivity index (χ0n) is 18.2. The Balaban J connectivity index is 1.51. The number of rotatable bonds is 6. The molecule has 1 fully saturated rings. The van der Waals surface area contributed by atoms with E-state index < -0.39 is 23.4 Å². The van der Waals surface area contributed by atoms with Crippen molar-refractivity contribution < 1.29 is 14.3 Å². The zero-order valence-corrected chi connectivity index (χ0v) is 18.2. The Morgan fingerprint density at radius 3 is 2.74 bits per heavy atom. The van der Waals surface area contributed by atoms with Gasteiger partial charge in [0, 0.05) is 19.3 Å². The van der Waals surface area contributed by atoms with Crippen LogP contribution in [-0.4, -0.2) is 49.4 Å². The van der Waals surface area contributed by atoms with Crippen LogP contribution in [0.1, 0.15) is 23.2 Å². The number of fused-ring (bicyclic) bond motifs is 1. The van der Waals surface area contributed by atoms with Crippen molar-refractivity contribution in [2.75, 3.05) is 17.7 Å². The van der Waals surface area contributed by atoms with Crippen LogP contribution in [0, 0.1) is 5.82 Å². The number of carbonyl (C=O) groups excluding carboxylic acids is 1. The lowest BCUT2D eigenvalue weighted by Gasteiger charge is -2.32. The fourth-order valence-electron chi connectivity index (χ4n) is 3.83. The molecule has 3 aromatic heterocycles. The molecule has 1 amide bonds. The Bertz CT molecular complexity index is 1450. The van der Waals surface area contributed by atoms with Crippen molar-refractivity contribution in [2.24, 2.45) is 0 Å². The molecule has 0 radical (unpaired) electrons. The molecule has 4 aromatic rings. The van der Waals surface area contributed by atoms with Gasteiger partial charge in [-0.25, -0.2) is 9.37 Å². The van der Waals surface area contributed by atoms with Crippen molar-refractivity contribution in [3.8, 4) is 5.69 Å². The molecule has 1 aromatic carbocycles. The van der Waals surface area contributed by atoms with Crippen LogP contribution in [-0.2, 0) is 0 Å². The minimum Gasteiger partial charge on any atom is -0.391 e. The van der Waals surface area contributed by atoms with Crippen LogP contribution < -0.4 is 21.5 Å². The summed E-state index contributed by atoms with van der Waals surface area (Å²) in [7, 11) is 1.69. The van der Waals surface area contributed by atoms with Gasteiger partial charge in [-0.15, -0.1) is 0 Å². The summed E-state index contributed by atoms with van der Waals surface area (Å²) in [5.41, 5.74) is 0.337. The molecule has 1 aliphatic carbocycles. The maximum atomic E-state index is 14.3. The van der Waals surface area contributed by atoms with Crippen molar-refractivity contribution >= 4 is 28.9 Å². The third-order valence-corrected chi connectivity index (χ3v) is 5.85. The van der Waals surface area contributed by atoms with E-state index in [0.717, 1.165) is 0 Å². The van der Waals surface area contributed by atoms with E-state index in [2.05, 4.69) is 26.0 Å². The summed E-state index contributed by atoms with van der Waals surface area (Å²) in [6.07, 6.45) is 3.68. The first-order valence-corrected chi connectivity index (χ1v) is 10.8. The first-order chi connectivity index (χ1) is 16.5. The maximum Gasteiger partial charge on any atom is 0.278 e. The van der Waals surface area contributed by atoms with Gasteiger partial charge in [0.05, 0.1) is 24.0 Å². The summed E-state index contributed by atoms with van der Waals surface area (Å²) >= 11 is 0. The van der Waals surface area contributed by atoms with Crippen LogP contribution in [0.2, 0.25) is 0 Å². The summed E-state index contributed by atoms with van der Waals surface area (Å²) < 4.78 is 16.9. The third kappa shape index (κ3) is 3.75. The summed E-state index contributed by atoms with van der Waals surface area (Å²) in [5.74, 6) is -0.101. The molecule has 5 rings (SSSR count). The number of aromatic nitrogens is 4. The van der Waals surface area contributed by atoms with Gasteiger partial charge in [0.1, 0.15) is 28.7 Å². The second-order valence-electron chi connectivity index (χ2n) is 7.97. The number of hydrogen-bond donors (Lipinski definition) is 4. The molecule has 0 bridgehead atoms. The average molecular weight is 463 g/mol. The standard InChI is InChI=1S/C23H22FN7O3/c1-25-20-11-19(27-16-6-4-10-30(23(16)34)17-7-3-2-5-14(17)24)29-21-13(12-26-31(20)21)22(33)28-15-8-9-18(15)32/h2-7,10-12,15,18,25,32H,8-9H2,1H3,(H,27,29)(H,28,33)/t15-,18-/m0/s1. The second kappa shape index (κ2) is 8.60. The quantitative estimate of drug-likeness (QED) is 0.345. The summed E-state index contributed by atoms with van der Waals surface area (Å²) in [5, 5.41) is 22.8. The zero-order chi connectivity index (χ0) is 23.8. The minimum atomic E-state index is -0.557. The molecule has 4 N–H and O–H groups in total. The highest BCUT2D eigenvalue weighted by atomic mass is 19.1. The first kappa shape index (κ1) is 21.6. The Morgan fingerprint density at radius 1 is 1.21 bits per heavy atom. The highest BCUT2D eigenvalue weighted by molar-refractivity contribution is 6.00. The van der Waals surface area contributed by atoms with E-state index >= 15 is 0 Å². The van der Waals surface area contributed by atoms with Crippen molar-refractivity contribution in [2.45, 2.75) is 25.0 Å². The molecular formula is C23H22FN7O3. The number of para-hydroxylation sites is 1. The maximum absolute atomic E-state index is 14.3. The van der Waals surface area contributed by atoms with E-state index in [1.54, 1.807) is 37.4 Å². The third-order valence-electron chi connectivity index (χ3n) is 5.85. The number of pyridine rings is 1. The number of nitrogens with zero attached hydrogens (tertiary/aromatic N) is 4. The van der Waals surface area contributed by atoms with Gasteiger partial charge in [-0.05, 0) is 37.1 Å². The predicted octanol–water partition coefficient (Wildman–Crippen LogP) is 2.06. The summed E-state index contributed by atoms with van der Waals surface area (Å²) in [6.45, 7) is 0. The highest BCUT2D eigenvalue weighted by Crippen LogP contribution is 2.23. The van der Waals surface area contributed by atoms with E-state index in [1.165, 1.54) is 33.6 Å². The topological polar surface area (TPSA) is 126 Å². The molecule has 0 aliphatic heterocycles. The largest absolute Gasteiger partial charge is 0.391 e. The monoisotopic (exact) mass is 463 g/mol. The molecular weight excluding hydrogens is 441 g/mol. The van der Waals surface area contributed by atoms with Crippen LogP contribution >= 0.6 is 0 Å². The lowest BCUT2D eigenvalue weighted by molar-refractivity contribution is 0.0448. The van der Waals surface area contributed by atoms with Crippen LogP contribution in [0.4, 0.5) is 21.7 Å². The van der Waals surface area contributed by atoms with Gasteiger partial charge in [-0.1, -0.05) is 12.1 Å². The molecule has 11 heteroatoms. The predicted molar refractivity (Wildman–Crippen MR) is 124 cm³/mol. The normalized spacial score (nSPS) is 17.3. The number of carbonyl (C=O) groups is 1. The number of aliphatic hydroxyl groups is 1. The lowest BCUT2D eigenvalue weighted by Crippen LogP contribution is -2.50. The lowest BCUT2D eigenvalue weighted by atomic mass is 9.89. The number of benzene rings is 1. The fourth-order valence-corrected chi connectivity index (χ4v) is 3.83. The molecule has 0 spiro atoms. The Kier molecular flexibility index (Phi) is 5.46. The molecule has 10 nitrogen and oxygen atoms in total. The van der Waals surface area contributed by atoms with E-state index in [4.69, 9.17) is 0 Å². The number of halogens is 1. The summed E-state index contributed by atoms with van der Waals surface area (Å²) in [6, 6.07) is 10.5. The molecule has 2 atom stereocenters. The van der Waals surface area contributed by atoms with E-state index in [9.17, 15) is 19.1 Å². The molecule has 0 saturated heterocycles. The SMILES string of the molecule is CNc1cc(Nc2cccn(-c3ccccc3F)c2=O)nc2c(C(=O)N[C@H]3CC[C@@H]3O)cnn12. The van der Waals surface area contributed by atoms with Crippen molar-refractivity contribution in [3.63, 3.8) is 0 Å². The summed E-state index contributed by atoms with van der Waals surface area (Å²) in [4.78, 5) is 30.3. The molecule has 174 valence electrons. The van der Waals surface area contributed by atoms with Crippen LogP contribution in [0.5, 0.6) is 0 Å². The van der Waals surface area contributed by atoms with Gasteiger partial charge in [0.2, 0.25) is 0 Å². The van der Waals surface area contributed by atoms with Crippen LogP contribution in [0.3, 0.4) is 0 Å². The van der Waals surface area contributed by atoms with Gasteiger partial charge in [-0.2, -0.15) is 9.61 Å². The Hall–Kier alpha value is -4.25. The Labute approximate surface area is 193 Å².